The Labute approximate surface area is 157 Å². The molecule has 1 amide bonds. The van der Waals surface area contributed by atoms with Crippen molar-refractivity contribution in [1.29, 1.82) is 0 Å². The number of anilines is 1. The van der Waals surface area contributed by atoms with Gasteiger partial charge in [0.25, 0.3) is 0 Å². The van der Waals surface area contributed by atoms with Crippen LogP contribution in [0.3, 0.4) is 0 Å². The predicted octanol–water partition coefficient (Wildman–Crippen LogP) is 3.39. The smallest absolute Gasteiger partial charge is 0.416 e. The maximum Gasteiger partial charge on any atom is 0.416 e. The van der Waals surface area contributed by atoms with E-state index in [0.29, 0.717) is 30.6 Å². The summed E-state index contributed by atoms with van der Waals surface area (Å²) in [6.45, 7) is 1.14. The molecule has 1 aliphatic heterocycles. The standard InChI is InChI=1S/C18H15F3N4O3/c19-18(20,21)12-3-1-4-13(7-12)22-15(26)10-25-8-11(9-25)17-23-16(24-28-17)14-5-2-6-27-14/h1-7,11H,8-10H2,(H,22,26). The lowest BCUT2D eigenvalue weighted by atomic mass is 10.0. The largest absolute Gasteiger partial charge is 0.461 e. The highest BCUT2D eigenvalue weighted by atomic mass is 19.4. The van der Waals surface area contributed by atoms with Crippen molar-refractivity contribution in [2.75, 3.05) is 25.0 Å². The van der Waals surface area contributed by atoms with E-state index in [1.54, 1.807) is 12.1 Å². The quantitative estimate of drug-likeness (QED) is 0.717. The molecule has 3 aromatic rings. The molecule has 28 heavy (non-hydrogen) atoms. The van der Waals surface area contributed by atoms with Gasteiger partial charge in [-0.05, 0) is 30.3 Å². The number of rotatable bonds is 5. The first kappa shape index (κ1) is 18.2. The van der Waals surface area contributed by atoms with Crippen LogP contribution in [0.1, 0.15) is 17.4 Å². The number of amides is 1. The van der Waals surface area contributed by atoms with Gasteiger partial charge in [0.15, 0.2) is 5.76 Å². The Morgan fingerprint density at radius 2 is 2.07 bits per heavy atom. The first-order valence-electron chi connectivity index (χ1n) is 8.45. The van der Waals surface area contributed by atoms with E-state index in [9.17, 15) is 18.0 Å². The maximum absolute atomic E-state index is 12.7. The fourth-order valence-electron chi connectivity index (χ4n) is 2.94. The Kier molecular flexibility index (Phi) is 4.63. The van der Waals surface area contributed by atoms with E-state index < -0.39 is 11.7 Å². The minimum atomic E-state index is -4.45. The molecule has 0 aliphatic carbocycles. The number of nitrogens with one attached hydrogen (secondary N) is 1. The number of furan rings is 1. The Morgan fingerprint density at radius 3 is 2.79 bits per heavy atom. The van der Waals surface area contributed by atoms with Gasteiger partial charge in [0.2, 0.25) is 17.6 Å². The van der Waals surface area contributed by atoms with E-state index in [-0.39, 0.29) is 24.1 Å². The van der Waals surface area contributed by atoms with Crippen molar-refractivity contribution in [2.45, 2.75) is 12.1 Å². The summed E-state index contributed by atoms with van der Waals surface area (Å²) >= 11 is 0. The number of hydrogen-bond acceptors (Lipinski definition) is 6. The van der Waals surface area contributed by atoms with Crippen LogP contribution in [0.15, 0.2) is 51.6 Å². The third kappa shape index (κ3) is 3.91. The molecule has 1 saturated heterocycles. The molecule has 3 heterocycles. The summed E-state index contributed by atoms with van der Waals surface area (Å²) in [7, 11) is 0. The number of alkyl halides is 3. The summed E-state index contributed by atoms with van der Waals surface area (Å²) in [4.78, 5) is 18.2. The van der Waals surface area contributed by atoms with Crippen LogP contribution in [0.5, 0.6) is 0 Å². The van der Waals surface area contributed by atoms with Gasteiger partial charge in [-0.3, -0.25) is 9.69 Å². The maximum atomic E-state index is 12.7. The SMILES string of the molecule is O=C(CN1CC(c2nc(-c3ccco3)no2)C1)Nc1cccc(C(F)(F)F)c1. The zero-order valence-corrected chi connectivity index (χ0v) is 14.4. The molecule has 4 rings (SSSR count). The van der Waals surface area contributed by atoms with Gasteiger partial charge in [-0.25, -0.2) is 0 Å². The molecule has 0 spiro atoms. The fraction of sp³-hybridized carbons (Fsp3) is 0.278. The normalized spacial score (nSPS) is 15.4. The highest BCUT2D eigenvalue weighted by Gasteiger charge is 2.34. The summed E-state index contributed by atoms with van der Waals surface area (Å²) < 4.78 is 48.6. The summed E-state index contributed by atoms with van der Waals surface area (Å²) in [5, 5.41) is 6.35. The lowest BCUT2D eigenvalue weighted by molar-refractivity contribution is -0.137. The van der Waals surface area contributed by atoms with Gasteiger partial charge in [-0.1, -0.05) is 11.2 Å². The van der Waals surface area contributed by atoms with E-state index >= 15 is 0 Å². The van der Waals surface area contributed by atoms with Gasteiger partial charge in [-0.2, -0.15) is 18.2 Å². The summed E-state index contributed by atoms with van der Waals surface area (Å²) in [6.07, 6.45) is -2.94. The molecule has 0 bridgehead atoms. The van der Waals surface area contributed by atoms with E-state index in [1.807, 2.05) is 4.90 Å². The number of aromatic nitrogens is 2. The Bertz CT molecular complexity index is 963. The van der Waals surface area contributed by atoms with Crippen LogP contribution in [0.4, 0.5) is 18.9 Å². The van der Waals surface area contributed by atoms with Gasteiger partial charge < -0.3 is 14.3 Å². The minimum absolute atomic E-state index is 0.00225. The summed E-state index contributed by atoms with van der Waals surface area (Å²) in [5.41, 5.74) is -0.699. The zero-order valence-electron chi connectivity index (χ0n) is 14.4. The van der Waals surface area contributed by atoms with Gasteiger partial charge in [0, 0.05) is 18.8 Å². The van der Waals surface area contributed by atoms with Crippen molar-refractivity contribution >= 4 is 11.6 Å². The van der Waals surface area contributed by atoms with Crippen LogP contribution in [0.2, 0.25) is 0 Å². The average molecular weight is 392 g/mol. The molecule has 2 aromatic heterocycles. The van der Waals surface area contributed by atoms with Gasteiger partial charge >= 0.3 is 6.18 Å². The van der Waals surface area contributed by atoms with Crippen molar-refractivity contribution in [3.63, 3.8) is 0 Å². The van der Waals surface area contributed by atoms with Gasteiger partial charge in [0.05, 0.1) is 24.3 Å². The monoisotopic (exact) mass is 392 g/mol. The molecular formula is C18H15F3N4O3. The first-order chi connectivity index (χ1) is 13.4. The fourth-order valence-corrected chi connectivity index (χ4v) is 2.94. The minimum Gasteiger partial charge on any atom is -0.461 e. The van der Waals surface area contributed by atoms with Crippen LogP contribution in [0.25, 0.3) is 11.6 Å². The van der Waals surface area contributed by atoms with E-state index in [4.69, 9.17) is 8.94 Å². The highest BCUT2D eigenvalue weighted by molar-refractivity contribution is 5.92. The number of benzene rings is 1. The van der Waals surface area contributed by atoms with E-state index in [0.717, 1.165) is 12.1 Å². The number of likely N-dealkylation sites (tertiary alicyclic amines) is 1. The lowest BCUT2D eigenvalue weighted by Gasteiger charge is -2.36. The Hall–Kier alpha value is -3.14. The van der Waals surface area contributed by atoms with Crippen LogP contribution in [-0.2, 0) is 11.0 Å². The molecule has 1 aromatic carbocycles. The number of nitrogens with zero attached hydrogens (tertiary/aromatic N) is 3. The van der Waals surface area contributed by atoms with Crippen molar-refractivity contribution in [3.8, 4) is 11.6 Å². The number of halogens is 3. The summed E-state index contributed by atoms with van der Waals surface area (Å²) in [5.74, 6) is 0.936. The van der Waals surface area contributed by atoms with Gasteiger partial charge in [0.1, 0.15) is 0 Å². The van der Waals surface area contributed by atoms with Crippen LogP contribution in [-0.4, -0.2) is 40.6 Å². The van der Waals surface area contributed by atoms with E-state index in [1.165, 1.54) is 18.4 Å². The van der Waals surface area contributed by atoms with Crippen molar-refractivity contribution < 1.29 is 26.9 Å². The molecule has 1 aliphatic rings. The number of carbonyl (C=O) groups is 1. The second-order valence-electron chi connectivity index (χ2n) is 6.45. The van der Waals surface area contributed by atoms with Crippen LogP contribution in [0, 0.1) is 0 Å². The van der Waals surface area contributed by atoms with E-state index in [2.05, 4.69) is 15.5 Å². The van der Waals surface area contributed by atoms with Crippen molar-refractivity contribution in [3.05, 3.63) is 54.1 Å². The Balaban J connectivity index is 1.28. The molecule has 0 unspecified atom stereocenters. The van der Waals surface area contributed by atoms with Gasteiger partial charge in [-0.15, -0.1) is 0 Å². The second-order valence-corrected chi connectivity index (χ2v) is 6.45. The topological polar surface area (TPSA) is 84.4 Å². The molecule has 0 atom stereocenters. The number of carbonyl (C=O) groups excluding carboxylic acids is 1. The molecular weight excluding hydrogens is 377 g/mol. The van der Waals surface area contributed by atoms with Crippen molar-refractivity contribution in [1.82, 2.24) is 15.0 Å². The second kappa shape index (κ2) is 7.12. The lowest BCUT2D eigenvalue weighted by Crippen LogP contribution is -2.48. The van der Waals surface area contributed by atoms with Crippen LogP contribution >= 0.6 is 0 Å². The molecule has 146 valence electrons. The zero-order chi connectivity index (χ0) is 19.7. The predicted molar refractivity (Wildman–Crippen MR) is 91.3 cm³/mol. The summed E-state index contributed by atoms with van der Waals surface area (Å²) in [6, 6.07) is 7.98. The molecule has 1 N–H and O–H groups in total. The third-order valence-corrected chi connectivity index (χ3v) is 4.33. The van der Waals surface area contributed by atoms with Crippen LogP contribution < -0.4 is 5.32 Å². The molecule has 7 nitrogen and oxygen atoms in total. The number of hydrogen-bond donors (Lipinski definition) is 1. The van der Waals surface area contributed by atoms with Crippen molar-refractivity contribution in [2.24, 2.45) is 0 Å². The average Bonchev–Trinajstić information content (AvgIpc) is 3.28. The Morgan fingerprint density at radius 1 is 1.25 bits per heavy atom. The molecule has 0 radical (unpaired) electrons. The first-order valence-corrected chi connectivity index (χ1v) is 8.45. The third-order valence-electron chi connectivity index (χ3n) is 4.33. The molecule has 10 heteroatoms. The molecule has 0 saturated carbocycles. The highest BCUT2D eigenvalue weighted by Crippen LogP contribution is 2.31. The molecule has 1 fully saturated rings.